The summed E-state index contributed by atoms with van der Waals surface area (Å²) in [5.41, 5.74) is 1.71. The summed E-state index contributed by atoms with van der Waals surface area (Å²) in [6.45, 7) is 1.65. The van der Waals surface area contributed by atoms with Crippen LogP contribution in [0.1, 0.15) is 15.9 Å². The minimum Gasteiger partial charge on any atom is -0.508 e. The number of anilines is 1. The number of aromatic hydroxyl groups is 1. The van der Waals surface area contributed by atoms with E-state index < -0.39 is 5.97 Å². The molecule has 0 aromatic heterocycles. The van der Waals surface area contributed by atoms with Crippen molar-refractivity contribution in [2.24, 2.45) is 0 Å². The lowest BCUT2D eigenvalue weighted by Gasteiger charge is -2.18. The van der Waals surface area contributed by atoms with Gasteiger partial charge in [-0.3, -0.25) is 0 Å². The molecule has 0 fully saturated rings. The molecule has 5 nitrogen and oxygen atoms in total. The SMILES string of the molecule is COCOC(=O)c1c(C)cc(O)cc1N(C)C. The van der Waals surface area contributed by atoms with Crippen LogP contribution in [-0.4, -0.2) is 39.1 Å². The number of ether oxygens (including phenoxy) is 2. The number of hydrogen-bond acceptors (Lipinski definition) is 5. The maximum absolute atomic E-state index is 11.9. The van der Waals surface area contributed by atoms with Gasteiger partial charge in [-0.25, -0.2) is 4.79 Å². The van der Waals surface area contributed by atoms with Crippen molar-refractivity contribution in [3.63, 3.8) is 0 Å². The molecule has 0 spiro atoms. The average Bonchev–Trinajstić information content (AvgIpc) is 2.24. The molecule has 0 aliphatic carbocycles. The Morgan fingerprint density at radius 3 is 2.59 bits per heavy atom. The van der Waals surface area contributed by atoms with Gasteiger partial charge in [0.1, 0.15) is 5.75 Å². The summed E-state index contributed by atoms with van der Waals surface area (Å²) in [5.74, 6) is -0.345. The van der Waals surface area contributed by atoms with Crippen LogP contribution in [0.3, 0.4) is 0 Å². The van der Waals surface area contributed by atoms with Crippen molar-refractivity contribution in [2.45, 2.75) is 6.92 Å². The van der Waals surface area contributed by atoms with Crippen molar-refractivity contribution in [1.29, 1.82) is 0 Å². The van der Waals surface area contributed by atoms with Gasteiger partial charge in [0.25, 0.3) is 0 Å². The third-order valence-electron chi connectivity index (χ3n) is 2.29. The Bertz CT molecular complexity index is 415. The fraction of sp³-hybridized carbons (Fsp3) is 0.417. The number of phenols is 1. The quantitative estimate of drug-likeness (QED) is 0.637. The van der Waals surface area contributed by atoms with Crippen LogP contribution in [0, 0.1) is 6.92 Å². The number of esters is 1. The molecular formula is C12H17NO4. The number of carbonyl (C=O) groups is 1. The summed E-state index contributed by atoms with van der Waals surface area (Å²) in [6, 6.07) is 3.05. The zero-order chi connectivity index (χ0) is 13.0. The first-order chi connectivity index (χ1) is 7.97. The Morgan fingerprint density at radius 1 is 1.41 bits per heavy atom. The van der Waals surface area contributed by atoms with Gasteiger partial charge in [0.05, 0.1) is 11.3 Å². The molecule has 0 amide bonds. The number of rotatable bonds is 4. The monoisotopic (exact) mass is 239 g/mol. The van der Waals surface area contributed by atoms with Gasteiger partial charge in [0.2, 0.25) is 0 Å². The minimum absolute atomic E-state index is 0.0913. The van der Waals surface area contributed by atoms with Gasteiger partial charge in [-0.05, 0) is 18.6 Å². The molecule has 17 heavy (non-hydrogen) atoms. The van der Waals surface area contributed by atoms with Gasteiger partial charge < -0.3 is 19.5 Å². The van der Waals surface area contributed by atoms with E-state index in [9.17, 15) is 9.90 Å². The maximum atomic E-state index is 11.9. The summed E-state index contributed by atoms with van der Waals surface area (Å²) < 4.78 is 9.61. The van der Waals surface area contributed by atoms with E-state index in [0.29, 0.717) is 16.8 Å². The molecule has 0 radical (unpaired) electrons. The zero-order valence-corrected chi connectivity index (χ0v) is 10.5. The highest BCUT2D eigenvalue weighted by Crippen LogP contribution is 2.28. The van der Waals surface area contributed by atoms with Crippen LogP contribution < -0.4 is 4.90 Å². The van der Waals surface area contributed by atoms with Crippen LogP contribution in [0.15, 0.2) is 12.1 Å². The Hall–Kier alpha value is -1.75. The lowest BCUT2D eigenvalue weighted by Crippen LogP contribution is -2.17. The largest absolute Gasteiger partial charge is 0.508 e. The molecule has 0 saturated carbocycles. The predicted molar refractivity (Wildman–Crippen MR) is 64.5 cm³/mol. The highest BCUT2D eigenvalue weighted by Gasteiger charge is 2.18. The number of phenolic OH excluding ortho intramolecular Hbond substituents is 1. The van der Waals surface area contributed by atoms with Crippen molar-refractivity contribution in [3.8, 4) is 5.75 Å². The van der Waals surface area contributed by atoms with E-state index in [-0.39, 0.29) is 12.5 Å². The average molecular weight is 239 g/mol. The third kappa shape index (κ3) is 3.10. The van der Waals surface area contributed by atoms with Gasteiger partial charge in [-0.15, -0.1) is 0 Å². The van der Waals surface area contributed by atoms with Crippen LogP contribution in [0.25, 0.3) is 0 Å². The van der Waals surface area contributed by atoms with Crippen molar-refractivity contribution in [2.75, 3.05) is 32.9 Å². The van der Waals surface area contributed by atoms with Gasteiger partial charge in [0.15, 0.2) is 6.79 Å². The molecule has 94 valence electrons. The van der Waals surface area contributed by atoms with Crippen LogP contribution >= 0.6 is 0 Å². The van der Waals surface area contributed by atoms with Crippen molar-refractivity contribution in [3.05, 3.63) is 23.3 Å². The number of hydrogen-bond donors (Lipinski definition) is 1. The molecule has 5 heteroatoms. The van der Waals surface area contributed by atoms with E-state index in [4.69, 9.17) is 9.47 Å². The van der Waals surface area contributed by atoms with Gasteiger partial charge in [-0.2, -0.15) is 0 Å². The number of aryl methyl sites for hydroxylation is 1. The van der Waals surface area contributed by atoms with E-state index in [1.807, 2.05) is 0 Å². The van der Waals surface area contributed by atoms with Gasteiger partial charge in [-0.1, -0.05) is 0 Å². The molecule has 1 aromatic rings. The molecule has 1 rings (SSSR count). The second kappa shape index (κ2) is 5.54. The first kappa shape index (κ1) is 13.3. The zero-order valence-electron chi connectivity index (χ0n) is 10.5. The summed E-state index contributed by atoms with van der Waals surface area (Å²) in [7, 11) is 5.03. The molecule has 0 aliphatic rings. The fourth-order valence-corrected chi connectivity index (χ4v) is 1.55. The second-order valence-electron chi connectivity index (χ2n) is 3.89. The van der Waals surface area contributed by atoms with E-state index in [1.54, 1.807) is 25.9 Å². The van der Waals surface area contributed by atoms with Crippen molar-refractivity contribution >= 4 is 11.7 Å². The maximum Gasteiger partial charge on any atom is 0.342 e. The molecule has 0 aliphatic heterocycles. The first-order valence-electron chi connectivity index (χ1n) is 5.14. The molecule has 0 heterocycles. The van der Waals surface area contributed by atoms with Crippen LogP contribution in [0.2, 0.25) is 0 Å². The lowest BCUT2D eigenvalue weighted by atomic mass is 10.1. The van der Waals surface area contributed by atoms with E-state index in [2.05, 4.69) is 0 Å². The Balaban J connectivity index is 3.16. The molecule has 1 N–H and O–H groups in total. The normalized spacial score (nSPS) is 10.1. The Morgan fingerprint density at radius 2 is 2.06 bits per heavy atom. The number of methoxy groups -OCH3 is 1. The summed E-state index contributed by atoms with van der Waals surface area (Å²) in [5, 5.41) is 9.52. The van der Waals surface area contributed by atoms with Crippen molar-refractivity contribution < 1.29 is 19.4 Å². The molecule has 0 saturated heterocycles. The second-order valence-corrected chi connectivity index (χ2v) is 3.89. The smallest absolute Gasteiger partial charge is 0.342 e. The molecule has 1 aromatic carbocycles. The predicted octanol–water partition coefficient (Wildman–Crippen LogP) is 1.53. The topological polar surface area (TPSA) is 59.0 Å². The Kier molecular flexibility index (Phi) is 4.34. The lowest BCUT2D eigenvalue weighted by molar-refractivity contribution is -0.0124. The molecule has 0 unspecified atom stereocenters. The van der Waals surface area contributed by atoms with Gasteiger partial charge >= 0.3 is 5.97 Å². The van der Waals surface area contributed by atoms with Crippen LogP contribution in [0.5, 0.6) is 5.75 Å². The van der Waals surface area contributed by atoms with Crippen LogP contribution in [-0.2, 0) is 9.47 Å². The molecule has 0 atom stereocenters. The van der Waals surface area contributed by atoms with Gasteiger partial charge in [0, 0.05) is 27.3 Å². The summed E-state index contributed by atoms with van der Waals surface area (Å²) in [6.07, 6.45) is 0. The van der Waals surface area contributed by atoms with E-state index in [0.717, 1.165) is 0 Å². The fourth-order valence-electron chi connectivity index (χ4n) is 1.55. The van der Waals surface area contributed by atoms with Crippen LogP contribution in [0.4, 0.5) is 5.69 Å². The summed E-state index contributed by atoms with van der Waals surface area (Å²) in [4.78, 5) is 13.6. The molecular weight excluding hydrogens is 222 g/mol. The third-order valence-corrected chi connectivity index (χ3v) is 2.29. The standard InChI is InChI=1S/C12H17NO4/c1-8-5-9(14)6-10(13(2)3)11(8)12(15)17-7-16-4/h5-6,14H,7H2,1-4H3. The minimum atomic E-state index is -0.465. The Labute approximate surface area is 101 Å². The molecule has 0 bridgehead atoms. The van der Waals surface area contributed by atoms with E-state index in [1.165, 1.54) is 19.2 Å². The highest BCUT2D eigenvalue weighted by molar-refractivity contribution is 5.97. The summed E-state index contributed by atoms with van der Waals surface area (Å²) >= 11 is 0. The number of benzene rings is 1. The first-order valence-corrected chi connectivity index (χ1v) is 5.14. The van der Waals surface area contributed by atoms with E-state index >= 15 is 0 Å². The highest BCUT2D eigenvalue weighted by atomic mass is 16.7. The number of carbonyl (C=O) groups excluding carboxylic acids is 1. The number of nitrogens with zero attached hydrogens (tertiary/aromatic N) is 1. The van der Waals surface area contributed by atoms with Crippen molar-refractivity contribution in [1.82, 2.24) is 0 Å².